The zero-order valence-corrected chi connectivity index (χ0v) is 13.2. The quantitative estimate of drug-likeness (QED) is 0.683. The van der Waals surface area contributed by atoms with Crippen LogP contribution in [0.5, 0.6) is 0 Å². The summed E-state index contributed by atoms with van der Waals surface area (Å²) >= 11 is 5.85. The van der Waals surface area contributed by atoms with Gasteiger partial charge in [0.15, 0.2) is 0 Å². The molecule has 5 nitrogen and oxygen atoms in total. The summed E-state index contributed by atoms with van der Waals surface area (Å²) in [5.74, 6) is 0. The fourth-order valence-corrected chi connectivity index (χ4v) is 3.41. The first kappa shape index (κ1) is 16.5. The third kappa shape index (κ3) is 3.86. The van der Waals surface area contributed by atoms with Gasteiger partial charge < -0.3 is 5.32 Å². The number of likely N-dealkylation sites (tertiary alicyclic amines) is 1. The zero-order valence-electron chi connectivity index (χ0n) is 11.6. The van der Waals surface area contributed by atoms with Crippen molar-refractivity contribution in [3.8, 4) is 0 Å². The van der Waals surface area contributed by atoms with Crippen LogP contribution in [0.1, 0.15) is 24.8 Å². The van der Waals surface area contributed by atoms with Gasteiger partial charge in [-0.15, -0.1) is 12.4 Å². The van der Waals surface area contributed by atoms with Crippen LogP contribution in [-0.2, 0) is 6.54 Å². The van der Waals surface area contributed by atoms with Crippen molar-refractivity contribution in [1.82, 2.24) is 10.2 Å². The second-order valence-corrected chi connectivity index (χ2v) is 6.13. The van der Waals surface area contributed by atoms with Crippen LogP contribution >= 0.6 is 24.0 Å². The molecule has 2 aliphatic heterocycles. The van der Waals surface area contributed by atoms with Crippen LogP contribution < -0.4 is 5.32 Å². The van der Waals surface area contributed by atoms with E-state index in [1.54, 1.807) is 12.1 Å². The Kier molecular flexibility index (Phi) is 5.43. The lowest BCUT2D eigenvalue weighted by molar-refractivity contribution is -0.385. The van der Waals surface area contributed by atoms with Crippen LogP contribution in [0.15, 0.2) is 18.2 Å². The van der Waals surface area contributed by atoms with Crippen molar-refractivity contribution in [3.63, 3.8) is 0 Å². The maximum atomic E-state index is 11.1. The number of nitrogens with one attached hydrogen (secondary N) is 1. The van der Waals surface area contributed by atoms with E-state index in [1.165, 1.54) is 18.9 Å². The fraction of sp³-hybridized carbons (Fsp3) is 0.571. The van der Waals surface area contributed by atoms with Gasteiger partial charge in [0.1, 0.15) is 0 Å². The summed E-state index contributed by atoms with van der Waals surface area (Å²) in [6.07, 6.45) is 3.60. The van der Waals surface area contributed by atoms with Crippen LogP contribution in [0.3, 0.4) is 0 Å². The highest BCUT2D eigenvalue weighted by Crippen LogP contribution is 2.26. The molecule has 0 aromatic heterocycles. The molecule has 0 radical (unpaired) electrons. The minimum atomic E-state index is -0.344. The van der Waals surface area contributed by atoms with E-state index < -0.39 is 0 Å². The molecule has 2 fully saturated rings. The molecule has 2 atom stereocenters. The van der Waals surface area contributed by atoms with E-state index in [4.69, 9.17) is 11.6 Å². The second kappa shape index (κ2) is 6.92. The fourth-order valence-electron chi connectivity index (χ4n) is 3.24. The largest absolute Gasteiger partial charge is 0.310 e. The Morgan fingerprint density at radius 1 is 1.33 bits per heavy atom. The molecule has 2 heterocycles. The average Bonchev–Trinajstić information content (AvgIpc) is 2.74. The van der Waals surface area contributed by atoms with Crippen LogP contribution in [0.4, 0.5) is 5.69 Å². The number of hydrogen-bond acceptors (Lipinski definition) is 4. The molecule has 21 heavy (non-hydrogen) atoms. The van der Waals surface area contributed by atoms with Crippen molar-refractivity contribution < 1.29 is 4.92 Å². The van der Waals surface area contributed by atoms with Crippen LogP contribution in [0.2, 0.25) is 5.02 Å². The molecule has 116 valence electrons. The van der Waals surface area contributed by atoms with Crippen molar-refractivity contribution in [1.29, 1.82) is 0 Å². The van der Waals surface area contributed by atoms with E-state index in [-0.39, 0.29) is 23.0 Å². The molecule has 1 aromatic rings. The Morgan fingerprint density at radius 2 is 2.10 bits per heavy atom. The summed E-state index contributed by atoms with van der Waals surface area (Å²) in [7, 11) is 0. The van der Waals surface area contributed by atoms with Crippen LogP contribution in [-0.4, -0.2) is 35.0 Å². The number of nitrogens with zero attached hydrogens (tertiary/aromatic N) is 2. The molecule has 2 unspecified atom stereocenters. The minimum absolute atomic E-state index is 0. The zero-order chi connectivity index (χ0) is 14.1. The predicted molar refractivity (Wildman–Crippen MR) is 85.2 cm³/mol. The summed E-state index contributed by atoms with van der Waals surface area (Å²) in [4.78, 5) is 13.1. The predicted octanol–water partition coefficient (Wildman–Crippen LogP) is 3.00. The molecule has 3 rings (SSSR count). The summed E-state index contributed by atoms with van der Waals surface area (Å²) < 4.78 is 0. The molecular formula is C14H19Cl2N3O2. The molecule has 0 aliphatic carbocycles. The van der Waals surface area contributed by atoms with E-state index in [0.717, 1.165) is 25.1 Å². The smallest absolute Gasteiger partial charge is 0.275 e. The standard InChI is InChI=1S/C14H18ClN3O2.ClH/c15-11-2-1-10(14(7-11)18(19)20)8-17-6-5-12-3-4-13(9-17)16-12;/h1-2,7,12-13,16H,3-6,8-9H2;1H. The molecule has 0 amide bonds. The highest BCUT2D eigenvalue weighted by molar-refractivity contribution is 6.30. The van der Waals surface area contributed by atoms with Crippen molar-refractivity contribution in [3.05, 3.63) is 38.9 Å². The molecule has 0 spiro atoms. The van der Waals surface area contributed by atoms with Gasteiger partial charge in [0, 0.05) is 48.4 Å². The lowest BCUT2D eigenvalue weighted by atomic mass is 10.1. The van der Waals surface area contributed by atoms with Gasteiger partial charge in [-0.05, 0) is 31.4 Å². The van der Waals surface area contributed by atoms with Gasteiger partial charge in [-0.3, -0.25) is 15.0 Å². The van der Waals surface area contributed by atoms with Gasteiger partial charge in [0.25, 0.3) is 5.69 Å². The number of benzene rings is 1. The van der Waals surface area contributed by atoms with Crippen LogP contribution in [0.25, 0.3) is 0 Å². The average molecular weight is 332 g/mol. The molecule has 1 aromatic carbocycles. The second-order valence-electron chi connectivity index (χ2n) is 5.69. The van der Waals surface area contributed by atoms with Gasteiger partial charge in [-0.1, -0.05) is 11.6 Å². The summed E-state index contributed by atoms with van der Waals surface area (Å²) in [6.45, 7) is 2.59. The number of hydrogen-bond donors (Lipinski definition) is 1. The first-order valence-electron chi connectivity index (χ1n) is 7.03. The summed E-state index contributed by atoms with van der Waals surface area (Å²) in [6, 6.07) is 6.11. The highest BCUT2D eigenvalue weighted by Gasteiger charge is 2.29. The maximum Gasteiger partial charge on any atom is 0.275 e. The molecule has 2 aliphatic rings. The molecule has 2 saturated heterocycles. The lowest BCUT2D eigenvalue weighted by Gasteiger charge is -2.23. The van der Waals surface area contributed by atoms with Gasteiger partial charge in [-0.25, -0.2) is 0 Å². The first-order valence-corrected chi connectivity index (χ1v) is 7.41. The monoisotopic (exact) mass is 331 g/mol. The van der Waals surface area contributed by atoms with E-state index in [0.29, 0.717) is 23.7 Å². The van der Waals surface area contributed by atoms with E-state index in [1.807, 2.05) is 0 Å². The van der Waals surface area contributed by atoms with E-state index in [2.05, 4.69) is 10.2 Å². The van der Waals surface area contributed by atoms with Crippen molar-refractivity contribution >= 4 is 29.7 Å². The van der Waals surface area contributed by atoms with Gasteiger partial charge in [0.2, 0.25) is 0 Å². The highest BCUT2D eigenvalue weighted by atomic mass is 35.5. The number of fused-ring (bicyclic) bond motifs is 2. The maximum absolute atomic E-state index is 11.1. The van der Waals surface area contributed by atoms with Gasteiger partial charge >= 0.3 is 0 Å². The number of nitro benzene ring substituents is 1. The van der Waals surface area contributed by atoms with E-state index >= 15 is 0 Å². The van der Waals surface area contributed by atoms with Gasteiger partial charge in [0.05, 0.1) is 4.92 Å². The Balaban J connectivity index is 0.00000161. The summed E-state index contributed by atoms with van der Waals surface area (Å²) in [5, 5.41) is 15.2. The van der Waals surface area contributed by atoms with Crippen molar-refractivity contribution in [2.75, 3.05) is 13.1 Å². The van der Waals surface area contributed by atoms with Crippen molar-refractivity contribution in [2.24, 2.45) is 0 Å². The van der Waals surface area contributed by atoms with Gasteiger partial charge in [-0.2, -0.15) is 0 Å². The molecule has 1 N–H and O–H groups in total. The number of nitro groups is 1. The van der Waals surface area contributed by atoms with E-state index in [9.17, 15) is 10.1 Å². The number of rotatable bonds is 3. The molecule has 7 heteroatoms. The third-order valence-corrected chi connectivity index (χ3v) is 4.48. The topological polar surface area (TPSA) is 58.4 Å². The molecule has 0 saturated carbocycles. The first-order chi connectivity index (χ1) is 9.61. The Morgan fingerprint density at radius 3 is 2.86 bits per heavy atom. The molecular weight excluding hydrogens is 313 g/mol. The Labute approximate surface area is 135 Å². The third-order valence-electron chi connectivity index (χ3n) is 4.25. The number of halogens is 2. The lowest BCUT2D eigenvalue weighted by Crippen LogP contribution is -2.35. The minimum Gasteiger partial charge on any atom is -0.310 e. The summed E-state index contributed by atoms with van der Waals surface area (Å²) in [5.41, 5.74) is 0.872. The van der Waals surface area contributed by atoms with Crippen molar-refractivity contribution in [2.45, 2.75) is 37.9 Å². The van der Waals surface area contributed by atoms with Crippen LogP contribution in [0, 0.1) is 10.1 Å². The Hall–Kier alpha value is -0.880. The Bertz CT molecular complexity index is 527. The normalized spacial score (nSPS) is 25.2. The SMILES string of the molecule is Cl.O=[N+]([O-])c1cc(Cl)ccc1CN1CCC2CCC(C1)N2. The molecule has 2 bridgehead atoms.